The molecule has 0 fully saturated rings. The standard InChI is InChI=1S/C13H18F3NO/c1-12(2,3)6-7-18-11-5-4-9(8-10(11)17)13(14,15)16/h4-5,8H,6-7,17H2,1-3H3. The molecule has 5 heteroatoms. The van der Waals surface area contributed by atoms with Crippen LogP contribution in [0.15, 0.2) is 18.2 Å². The second-order valence-electron chi connectivity index (χ2n) is 5.41. The number of ether oxygens (including phenoxy) is 1. The summed E-state index contributed by atoms with van der Waals surface area (Å²) in [6.07, 6.45) is -3.58. The lowest BCUT2D eigenvalue weighted by atomic mass is 9.93. The molecule has 0 aliphatic rings. The minimum absolute atomic E-state index is 0.0127. The van der Waals surface area contributed by atoms with Crippen LogP contribution in [0.4, 0.5) is 18.9 Å². The third kappa shape index (κ3) is 4.47. The summed E-state index contributed by atoms with van der Waals surface area (Å²) in [4.78, 5) is 0. The van der Waals surface area contributed by atoms with Gasteiger partial charge in [0.2, 0.25) is 0 Å². The first-order valence-corrected chi connectivity index (χ1v) is 5.69. The molecule has 1 rings (SSSR count). The Morgan fingerprint density at radius 3 is 2.22 bits per heavy atom. The van der Waals surface area contributed by atoms with E-state index in [0.29, 0.717) is 12.4 Å². The molecule has 2 nitrogen and oxygen atoms in total. The average Bonchev–Trinajstić information content (AvgIpc) is 2.17. The minimum atomic E-state index is -4.38. The van der Waals surface area contributed by atoms with Crippen molar-refractivity contribution in [3.05, 3.63) is 23.8 Å². The molecule has 0 aliphatic heterocycles. The normalized spacial score (nSPS) is 12.6. The fraction of sp³-hybridized carbons (Fsp3) is 0.538. The number of benzene rings is 1. The van der Waals surface area contributed by atoms with Crippen molar-refractivity contribution in [3.8, 4) is 5.75 Å². The van der Waals surface area contributed by atoms with Crippen LogP contribution in [0.5, 0.6) is 5.75 Å². The third-order valence-corrected chi connectivity index (χ3v) is 2.45. The van der Waals surface area contributed by atoms with Crippen LogP contribution >= 0.6 is 0 Å². The van der Waals surface area contributed by atoms with Crippen LogP contribution in [0.2, 0.25) is 0 Å². The Labute approximate surface area is 105 Å². The first kappa shape index (κ1) is 14.7. The zero-order valence-corrected chi connectivity index (χ0v) is 10.8. The van der Waals surface area contributed by atoms with Crippen LogP contribution in [0.1, 0.15) is 32.8 Å². The third-order valence-electron chi connectivity index (χ3n) is 2.45. The van der Waals surface area contributed by atoms with Gasteiger partial charge in [0.25, 0.3) is 0 Å². The lowest BCUT2D eigenvalue weighted by molar-refractivity contribution is -0.137. The van der Waals surface area contributed by atoms with Crippen LogP contribution in [-0.2, 0) is 6.18 Å². The highest BCUT2D eigenvalue weighted by Crippen LogP contribution is 2.33. The number of nitrogen functional groups attached to an aromatic ring is 1. The van der Waals surface area contributed by atoms with Gasteiger partial charge in [-0.2, -0.15) is 13.2 Å². The SMILES string of the molecule is CC(C)(C)CCOc1ccc(C(F)(F)F)cc1N. The molecule has 0 aromatic heterocycles. The first-order valence-electron chi connectivity index (χ1n) is 5.69. The largest absolute Gasteiger partial charge is 0.491 e. The van der Waals surface area contributed by atoms with Gasteiger partial charge in [-0.25, -0.2) is 0 Å². The second kappa shape index (κ2) is 5.08. The fourth-order valence-electron chi connectivity index (χ4n) is 1.32. The maximum Gasteiger partial charge on any atom is 0.416 e. The maximum atomic E-state index is 12.4. The molecule has 2 N–H and O–H groups in total. The number of rotatable bonds is 3. The maximum absolute atomic E-state index is 12.4. The summed E-state index contributed by atoms with van der Waals surface area (Å²) in [5, 5.41) is 0. The molecule has 0 radical (unpaired) electrons. The first-order chi connectivity index (χ1) is 8.09. The molecule has 0 saturated carbocycles. The molecular formula is C13H18F3NO. The zero-order chi connectivity index (χ0) is 14.0. The van der Waals surface area contributed by atoms with Crippen molar-refractivity contribution in [2.24, 2.45) is 5.41 Å². The number of hydrogen-bond donors (Lipinski definition) is 1. The van der Waals surface area contributed by atoms with Gasteiger partial charge in [0.15, 0.2) is 0 Å². The number of anilines is 1. The smallest absolute Gasteiger partial charge is 0.416 e. The van der Waals surface area contributed by atoms with E-state index in [4.69, 9.17) is 10.5 Å². The molecule has 0 aliphatic carbocycles. The lowest BCUT2D eigenvalue weighted by Gasteiger charge is -2.19. The summed E-state index contributed by atoms with van der Waals surface area (Å²) < 4.78 is 42.6. The number of nitrogens with two attached hydrogens (primary N) is 1. The predicted octanol–water partition coefficient (Wildman–Crippen LogP) is 4.10. The minimum Gasteiger partial charge on any atom is -0.491 e. The van der Waals surface area contributed by atoms with E-state index in [9.17, 15) is 13.2 Å². The van der Waals surface area contributed by atoms with Gasteiger partial charge in [0.05, 0.1) is 17.9 Å². The molecule has 0 atom stereocenters. The summed E-state index contributed by atoms with van der Waals surface area (Å²) in [7, 11) is 0. The van der Waals surface area contributed by atoms with E-state index in [1.807, 2.05) is 0 Å². The summed E-state index contributed by atoms with van der Waals surface area (Å²) in [5.74, 6) is 0.298. The van der Waals surface area contributed by atoms with Crippen molar-refractivity contribution in [2.75, 3.05) is 12.3 Å². The van der Waals surface area contributed by atoms with Crippen molar-refractivity contribution >= 4 is 5.69 Å². The van der Waals surface area contributed by atoms with Gasteiger partial charge in [-0.05, 0) is 30.0 Å². The highest BCUT2D eigenvalue weighted by atomic mass is 19.4. The molecule has 0 heterocycles. The Morgan fingerprint density at radius 2 is 1.78 bits per heavy atom. The predicted molar refractivity (Wildman–Crippen MR) is 65.4 cm³/mol. The van der Waals surface area contributed by atoms with Crippen molar-refractivity contribution in [3.63, 3.8) is 0 Å². The second-order valence-corrected chi connectivity index (χ2v) is 5.41. The van der Waals surface area contributed by atoms with E-state index in [-0.39, 0.29) is 11.1 Å². The summed E-state index contributed by atoms with van der Waals surface area (Å²) >= 11 is 0. The van der Waals surface area contributed by atoms with Gasteiger partial charge in [-0.1, -0.05) is 20.8 Å². The number of halogens is 3. The lowest BCUT2D eigenvalue weighted by Crippen LogP contribution is -2.12. The molecule has 0 unspecified atom stereocenters. The molecule has 1 aromatic carbocycles. The summed E-state index contributed by atoms with van der Waals surface area (Å²) in [6, 6.07) is 3.13. The van der Waals surface area contributed by atoms with Gasteiger partial charge < -0.3 is 10.5 Å². The summed E-state index contributed by atoms with van der Waals surface area (Å²) in [5.41, 5.74) is 4.91. The number of hydrogen-bond acceptors (Lipinski definition) is 2. The van der Waals surface area contributed by atoms with E-state index in [2.05, 4.69) is 20.8 Å². The van der Waals surface area contributed by atoms with Crippen LogP contribution < -0.4 is 10.5 Å². The molecule has 0 saturated heterocycles. The van der Waals surface area contributed by atoms with Gasteiger partial charge in [0.1, 0.15) is 5.75 Å². The van der Waals surface area contributed by atoms with Crippen molar-refractivity contribution in [1.82, 2.24) is 0 Å². The topological polar surface area (TPSA) is 35.2 Å². The van der Waals surface area contributed by atoms with Gasteiger partial charge >= 0.3 is 6.18 Å². The molecule has 1 aromatic rings. The molecule has 0 amide bonds. The van der Waals surface area contributed by atoms with Crippen LogP contribution in [0.3, 0.4) is 0 Å². The molecular weight excluding hydrogens is 243 g/mol. The Morgan fingerprint density at radius 1 is 1.17 bits per heavy atom. The monoisotopic (exact) mass is 261 g/mol. The van der Waals surface area contributed by atoms with Crippen molar-refractivity contribution in [1.29, 1.82) is 0 Å². The number of alkyl halides is 3. The van der Waals surface area contributed by atoms with Crippen LogP contribution in [0, 0.1) is 5.41 Å². The van der Waals surface area contributed by atoms with Gasteiger partial charge in [0, 0.05) is 0 Å². The Hall–Kier alpha value is -1.39. The van der Waals surface area contributed by atoms with E-state index in [1.165, 1.54) is 6.07 Å². The van der Waals surface area contributed by atoms with Crippen molar-refractivity contribution < 1.29 is 17.9 Å². The Kier molecular flexibility index (Phi) is 4.14. The highest BCUT2D eigenvalue weighted by Gasteiger charge is 2.30. The fourth-order valence-corrected chi connectivity index (χ4v) is 1.32. The quantitative estimate of drug-likeness (QED) is 0.831. The molecule has 0 bridgehead atoms. The molecule has 18 heavy (non-hydrogen) atoms. The Balaban J connectivity index is 2.69. The van der Waals surface area contributed by atoms with E-state index < -0.39 is 11.7 Å². The highest BCUT2D eigenvalue weighted by molar-refractivity contribution is 5.54. The molecule has 0 spiro atoms. The van der Waals surface area contributed by atoms with Gasteiger partial charge in [-0.3, -0.25) is 0 Å². The van der Waals surface area contributed by atoms with Crippen molar-refractivity contribution in [2.45, 2.75) is 33.4 Å². The van der Waals surface area contributed by atoms with E-state index in [0.717, 1.165) is 18.6 Å². The molecule has 102 valence electrons. The Bertz CT molecular complexity index is 408. The van der Waals surface area contributed by atoms with E-state index >= 15 is 0 Å². The van der Waals surface area contributed by atoms with E-state index in [1.54, 1.807) is 0 Å². The van der Waals surface area contributed by atoms with Crippen LogP contribution in [-0.4, -0.2) is 6.61 Å². The average molecular weight is 261 g/mol. The zero-order valence-electron chi connectivity index (χ0n) is 10.8. The summed E-state index contributed by atoms with van der Waals surface area (Å²) in [6.45, 7) is 6.62. The van der Waals surface area contributed by atoms with Gasteiger partial charge in [-0.15, -0.1) is 0 Å². The van der Waals surface area contributed by atoms with Crippen LogP contribution in [0.25, 0.3) is 0 Å².